The molecule has 0 unspecified atom stereocenters. The Morgan fingerprint density at radius 2 is 1.90 bits per heavy atom. The van der Waals surface area contributed by atoms with Gasteiger partial charge in [-0.3, -0.25) is 9.59 Å². The van der Waals surface area contributed by atoms with Crippen LogP contribution in [0.5, 0.6) is 0 Å². The molecule has 0 bridgehead atoms. The monoisotopic (exact) mass is 287 g/mol. The Balaban J connectivity index is 1.95. The maximum atomic E-state index is 12.1. The van der Waals surface area contributed by atoms with Gasteiger partial charge in [-0.15, -0.1) is 0 Å². The molecule has 0 radical (unpaired) electrons. The first-order valence-electron chi connectivity index (χ1n) is 7.24. The second-order valence-corrected chi connectivity index (χ2v) is 5.63. The molecule has 1 aliphatic rings. The number of carboxylic acids is 1. The van der Waals surface area contributed by atoms with Gasteiger partial charge in [0.05, 0.1) is 5.92 Å². The largest absolute Gasteiger partial charge is 0.481 e. The van der Waals surface area contributed by atoms with Gasteiger partial charge in [0.2, 0.25) is 5.91 Å². The normalized spacial score (nSPS) is 16.4. The van der Waals surface area contributed by atoms with E-state index in [9.17, 15) is 9.59 Å². The molecule has 1 amide bonds. The lowest BCUT2D eigenvalue weighted by atomic mass is 9.97. The zero-order valence-corrected chi connectivity index (χ0v) is 12.5. The van der Waals surface area contributed by atoms with Crippen LogP contribution in [0.15, 0.2) is 24.3 Å². The fourth-order valence-electron chi connectivity index (χ4n) is 2.63. The smallest absolute Gasteiger partial charge is 0.306 e. The van der Waals surface area contributed by atoms with E-state index in [0.717, 1.165) is 11.1 Å². The lowest BCUT2D eigenvalue weighted by Crippen LogP contribution is -2.39. The topological polar surface area (TPSA) is 57.6 Å². The standard InChI is InChI=1S/C17H21NO3/c1-12-3-4-14(13(2)11-12)5-6-16(19)18-9-7-15(8-10-18)17(20)21/h3-6,11,15H,7-10H2,1-2H3,(H,20,21). The minimum Gasteiger partial charge on any atom is -0.481 e. The highest BCUT2D eigenvalue weighted by atomic mass is 16.4. The van der Waals surface area contributed by atoms with Crippen LogP contribution in [0, 0.1) is 19.8 Å². The second-order valence-electron chi connectivity index (χ2n) is 5.63. The van der Waals surface area contributed by atoms with Crippen LogP contribution in [0.2, 0.25) is 0 Å². The fourth-order valence-corrected chi connectivity index (χ4v) is 2.63. The molecule has 1 aliphatic heterocycles. The first-order valence-corrected chi connectivity index (χ1v) is 7.24. The number of aryl methyl sites for hydroxylation is 2. The van der Waals surface area contributed by atoms with Gasteiger partial charge in [0.15, 0.2) is 0 Å². The van der Waals surface area contributed by atoms with Crippen molar-refractivity contribution < 1.29 is 14.7 Å². The van der Waals surface area contributed by atoms with Crippen molar-refractivity contribution >= 4 is 18.0 Å². The zero-order valence-electron chi connectivity index (χ0n) is 12.5. The molecule has 21 heavy (non-hydrogen) atoms. The Bertz CT molecular complexity index is 569. The maximum Gasteiger partial charge on any atom is 0.306 e. The average Bonchev–Trinajstić information content (AvgIpc) is 2.46. The van der Waals surface area contributed by atoms with E-state index in [1.165, 1.54) is 5.56 Å². The molecule has 1 aromatic carbocycles. The number of piperidine rings is 1. The number of benzene rings is 1. The van der Waals surface area contributed by atoms with E-state index in [4.69, 9.17) is 5.11 Å². The molecule has 1 saturated heterocycles. The second kappa shape index (κ2) is 6.57. The molecule has 112 valence electrons. The van der Waals surface area contributed by atoms with E-state index in [1.807, 2.05) is 32.1 Å². The van der Waals surface area contributed by atoms with Crippen molar-refractivity contribution in [2.24, 2.45) is 5.92 Å². The van der Waals surface area contributed by atoms with Crippen molar-refractivity contribution in [3.05, 3.63) is 41.0 Å². The number of aliphatic carboxylic acids is 1. The van der Waals surface area contributed by atoms with E-state index in [0.29, 0.717) is 25.9 Å². The third kappa shape index (κ3) is 3.94. The summed E-state index contributed by atoms with van der Waals surface area (Å²) >= 11 is 0. The van der Waals surface area contributed by atoms with Crippen molar-refractivity contribution in [3.63, 3.8) is 0 Å². The number of carboxylic acid groups (broad SMARTS) is 1. The molecular weight excluding hydrogens is 266 g/mol. The molecule has 0 atom stereocenters. The number of amides is 1. The quantitative estimate of drug-likeness (QED) is 0.869. The van der Waals surface area contributed by atoms with Crippen LogP contribution in [0.4, 0.5) is 0 Å². The van der Waals surface area contributed by atoms with Crippen molar-refractivity contribution in [2.75, 3.05) is 13.1 Å². The van der Waals surface area contributed by atoms with E-state index in [1.54, 1.807) is 11.0 Å². The van der Waals surface area contributed by atoms with Crippen LogP contribution in [0.25, 0.3) is 6.08 Å². The minimum atomic E-state index is -0.757. The molecule has 0 saturated carbocycles. The summed E-state index contributed by atoms with van der Waals surface area (Å²) in [5.41, 5.74) is 3.38. The fraction of sp³-hybridized carbons (Fsp3) is 0.412. The number of carbonyl (C=O) groups excluding carboxylic acids is 1. The Labute approximate surface area is 125 Å². The minimum absolute atomic E-state index is 0.0428. The third-order valence-electron chi connectivity index (χ3n) is 3.99. The summed E-state index contributed by atoms with van der Waals surface area (Å²) in [6.45, 7) is 5.10. The number of rotatable bonds is 3. The molecule has 1 heterocycles. The highest BCUT2D eigenvalue weighted by Gasteiger charge is 2.25. The molecule has 1 aromatic rings. The molecule has 2 rings (SSSR count). The van der Waals surface area contributed by atoms with E-state index in [2.05, 4.69) is 6.07 Å². The Hall–Kier alpha value is -2.10. The van der Waals surface area contributed by atoms with Gasteiger partial charge >= 0.3 is 5.97 Å². The van der Waals surface area contributed by atoms with Crippen molar-refractivity contribution in [1.29, 1.82) is 0 Å². The molecule has 4 nitrogen and oxygen atoms in total. The summed E-state index contributed by atoms with van der Waals surface area (Å²) in [4.78, 5) is 24.7. The van der Waals surface area contributed by atoms with Crippen LogP contribution in [-0.2, 0) is 9.59 Å². The Kier molecular flexibility index (Phi) is 4.78. The first-order chi connectivity index (χ1) is 9.97. The van der Waals surface area contributed by atoms with E-state index >= 15 is 0 Å². The van der Waals surface area contributed by atoms with Gasteiger partial charge in [-0.05, 0) is 43.9 Å². The number of hydrogen-bond acceptors (Lipinski definition) is 2. The van der Waals surface area contributed by atoms with Gasteiger partial charge in [0.25, 0.3) is 0 Å². The molecule has 1 N–H and O–H groups in total. The van der Waals surface area contributed by atoms with Gasteiger partial charge in [-0.1, -0.05) is 23.8 Å². The first kappa shape index (κ1) is 15.3. The molecule has 0 aliphatic carbocycles. The van der Waals surface area contributed by atoms with Gasteiger partial charge < -0.3 is 10.0 Å². The Morgan fingerprint density at radius 3 is 2.48 bits per heavy atom. The number of hydrogen-bond donors (Lipinski definition) is 1. The number of carbonyl (C=O) groups is 2. The summed E-state index contributed by atoms with van der Waals surface area (Å²) in [5, 5.41) is 8.95. The van der Waals surface area contributed by atoms with Crippen LogP contribution < -0.4 is 0 Å². The summed E-state index contributed by atoms with van der Waals surface area (Å²) in [6, 6.07) is 6.11. The van der Waals surface area contributed by atoms with Crippen LogP contribution in [-0.4, -0.2) is 35.0 Å². The van der Waals surface area contributed by atoms with E-state index in [-0.39, 0.29) is 11.8 Å². The van der Waals surface area contributed by atoms with Crippen LogP contribution >= 0.6 is 0 Å². The van der Waals surface area contributed by atoms with Crippen LogP contribution in [0.3, 0.4) is 0 Å². The molecular formula is C17H21NO3. The van der Waals surface area contributed by atoms with Crippen molar-refractivity contribution in [3.8, 4) is 0 Å². The molecule has 4 heteroatoms. The summed E-state index contributed by atoms with van der Waals surface area (Å²) in [7, 11) is 0. The summed E-state index contributed by atoms with van der Waals surface area (Å²) in [5.74, 6) is -1.11. The molecule has 0 aromatic heterocycles. The summed E-state index contributed by atoms with van der Waals surface area (Å²) < 4.78 is 0. The highest BCUT2D eigenvalue weighted by molar-refractivity contribution is 5.92. The third-order valence-corrected chi connectivity index (χ3v) is 3.99. The van der Waals surface area contributed by atoms with Gasteiger partial charge in [-0.25, -0.2) is 0 Å². The number of nitrogens with zero attached hydrogens (tertiary/aromatic N) is 1. The lowest BCUT2D eigenvalue weighted by molar-refractivity contribution is -0.144. The number of likely N-dealkylation sites (tertiary alicyclic amines) is 1. The SMILES string of the molecule is Cc1ccc(C=CC(=O)N2CCC(C(=O)O)CC2)c(C)c1. The zero-order chi connectivity index (χ0) is 15.4. The molecule has 1 fully saturated rings. The average molecular weight is 287 g/mol. The van der Waals surface area contributed by atoms with Crippen molar-refractivity contribution in [2.45, 2.75) is 26.7 Å². The maximum absolute atomic E-state index is 12.1. The summed E-state index contributed by atoms with van der Waals surface area (Å²) in [6.07, 6.45) is 4.50. The van der Waals surface area contributed by atoms with Gasteiger partial charge in [-0.2, -0.15) is 0 Å². The van der Waals surface area contributed by atoms with Gasteiger partial charge in [0.1, 0.15) is 0 Å². The molecule has 0 spiro atoms. The highest BCUT2D eigenvalue weighted by Crippen LogP contribution is 2.18. The van der Waals surface area contributed by atoms with Crippen LogP contribution in [0.1, 0.15) is 29.5 Å². The lowest BCUT2D eigenvalue weighted by Gasteiger charge is -2.29. The Morgan fingerprint density at radius 1 is 1.24 bits per heavy atom. The predicted octanol–water partition coefficient (Wildman–Crippen LogP) is 2.64. The van der Waals surface area contributed by atoms with E-state index < -0.39 is 5.97 Å². The van der Waals surface area contributed by atoms with Crippen molar-refractivity contribution in [1.82, 2.24) is 4.90 Å². The predicted molar refractivity (Wildman–Crippen MR) is 81.9 cm³/mol. The van der Waals surface area contributed by atoms with Gasteiger partial charge in [0, 0.05) is 19.2 Å².